The molecular formula is C20H17FN4O3. The Hall–Kier alpha value is -3.55. The van der Waals surface area contributed by atoms with Crippen molar-refractivity contribution in [1.82, 2.24) is 19.7 Å². The van der Waals surface area contributed by atoms with Gasteiger partial charge in [0.05, 0.1) is 48.3 Å². The monoisotopic (exact) mass is 380 g/mol. The van der Waals surface area contributed by atoms with Gasteiger partial charge in [0.25, 0.3) is 0 Å². The average molecular weight is 380 g/mol. The van der Waals surface area contributed by atoms with E-state index in [-0.39, 0.29) is 18.3 Å². The molecular weight excluding hydrogens is 363 g/mol. The first-order valence-electron chi connectivity index (χ1n) is 8.65. The van der Waals surface area contributed by atoms with Crippen molar-refractivity contribution in [3.8, 4) is 17.0 Å². The molecule has 0 saturated heterocycles. The summed E-state index contributed by atoms with van der Waals surface area (Å²) in [5.41, 5.74) is 3.39. The molecule has 0 amide bonds. The number of rotatable bonds is 5. The van der Waals surface area contributed by atoms with Gasteiger partial charge in [-0.1, -0.05) is 0 Å². The summed E-state index contributed by atoms with van der Waals surface area (Å²) in [6, 6.07) is 8.44. The smallest absolute Gasteiger partial charge is 0.302 e. The van der Waals surface area contributed by atoms with Crippen molar-refractivity contribution in [3.05, 3.63) is 48.5 Å². The van der Waals surface area contributed by atoms with Crippen LogP contribution in [0.1, 0.15) is 6.92 Å². The molecule has 2 aromatic heterocycles. The molecule has 0 spiro atoms. The fourth-order valence-electron chi connectivity index (χ4n) is 3.00. The van der Waals surface area contributed by atoms with E-state index in [2.05, 4.69) is 15.1 Å². The molecule has 4 aromatic rings. The SMILES string of the molecule is COc1ccc(-c2cnc3cc4cnn(CCOC(C)=O)c4cc3n2)cc1F. The Morgan fingerprint density at radius 2 is 2.04 bits per heavy atom. The number of methoxy groups -OCH3 is 1. The number of benzene rings is 2. The Labute approximate surface area is 159 Å². The van der Waals surface area contributed by atoms with E-state index in [0.29, 0.717) is 28.8 Å². The van der Waals surface area contributed by atoms with E-state index in [0.717, 1.165) is 10.9 Å². The number of hydrogen-bond donors (Lipinski definition) is 0. The Balaban J connectivity index is 1.72. The molecule has 0 radical (unpaired) electrons. The third-order valence-electron chi connectivity index (χ3n) is 4.36. The summed E-state index contributed by atoms with van der Waals surface area (Å²) in [5, 5.41) is 5.24. The topological polar surface area (TPSA) is 79.1 Å². The van der Waals surface area contributed by atoms with Gasteiger partial charge in [0.15, 0.2) is 11.6 Å². The first-order chi connectivity index (χ1) is 13.5. The molecule has 142 valence electrons. The second-order valence-corrected chi connectivity index (χ2v) is 6.21. The number of halogens is 1. The molecule has 0 saturated carbocycles. The van der Waals surface area contributed by atoms with Gasteiger partial charge in [-0.25, -0.2) is 9.37 Å². The van der Waals surface area contributed by atoms with Crippen LogP contribution in [0.5, 0.6) is 5.75 Å². The largest absolute Gasteiger partial charge is 0.494 e. The van der Waals surface area contributed by atoms with Crippen LogP contribution < -0.4 is 4.74 Å². The molecule has 4 rings (SSSR count). The Bertz CT molecular complexity index is 1190. The molecule has 8 heteroatoms. The lowest BCUT2D eigenvalue weighted by atomic mass is 10.1. The van der Waals surface area contributed by atoms with Gasteiger partial charge in [0, 0.05) is 17.9 Å². The second kappa shape index (κ2) is 7.22. The van der Waals surface area contributed by atoms with Crippen molar-refractivity contribution in [3.63, 3.8) is 0 Å². The lowest BCUT2D eigenvalue weighted by Crippen LogP contribution is -2.09. The molecule has 0 fully saturated rings. The van der Waals surface area contributed by atoms with Gasteiger partial charge >= 0.3 is 5.97 Å². The first kappa shape index (κ1) is 17.8. The third-order valence-corrected chi connectivity index (χ3v) is 4.36. The van der Waals surface area contributed by atoms with Crippen LogP contribution in [-0.4, -0.2) is 39.4 Å². The number of aromatic nitrogens is 4. The van der Waals surface area contributed by atoms with Crippen molar-refractivity contribution >= 4 is 27.9 Å². The normalized spacial score (nSPS) is 11.1. The molecule has 0 aliphatic rings. The highest BCUT2D eigenvalue weighted by molar-refractivity contribution is 5.93. The molecule has 2 aromatic carbocycles. The number of hydrogen-bond acceptors (Lipinski definition) is 6. The van der Waals surface area contributed by atoms with Gasteiger partial charge < -0.3 is 9.47 Å². The van der Waals surface area contributed by atoms with E-state index in [4.69, 9.17) is 9.47 Å². The molecule has 0 aliphatic heterocycles. The summed E-state index contributed by atoms with van der Waals surface area (Å²) in [6.07, 6.45) is 3.34. The number of fused-ring (bicyclic) bond motifs is 2. The number of carbonyl (C=O) groups is 1. The fraction of sp³-hybridized carbons (Fsp3) is 0.200. The standard InChI is InChI=1S/C20H17FN4O3/c1-12(26)28-6-5-25-19-9-17-16(8-14(19)10-23-25)22-11-18(24-17)13-3-4-20(27-2)15(21)7-13/h3-4,7-11H,5-6H2,1-2H3. The number of ether oxygens (including phenoxy) is 2. The third kappa shape index (κ3) is 3.36. The summed E-state index contributed by atoms with van der Waals surface area (Å²) < 4.78 is 25.7. The Morgan fingerprint density at radius 3 is 2.79 bits per heavy atom. The molecule has 0 aliphatic carbocycles. The highest BCUT2D eigenvalue weighted by atomic mass is 19.1. The molecule has 0 N–H and O–H groups in total. The zero-order valence-corrected chi connectivity index (χ0v) is 15.3. The van der Waals surface area contributed by atoms with Gasteiger partial charge in [0.2, 0.25) is 0 Å². The maximum atomic E-state index is 14.0. The van der Waals surface area contributed by atoms with Gasteiger partial charge in [-0.2, -0.15) is 5.10 Å². The predicted molar refractivity (Wildman–Crippen MR) is 101 cm³/mol. The van der Waals surface area contributed by atoms with Gasteiger partial charge in [0.1, 0.15) is 6.61 Å². The first-order valence-corrected chi connectivity index (χ1v) is 8.65. The van der Waals surface area contributed by atoms with Gasteiger partial charge in [-0.3, -0.25) is 14.5 Å². The lowest BCUT2D eigenvalue weighted by molar-refractivity contribution is -0.141. The zero-order valence-electron chi connectivity index (χ0n) is 15.3. The van der Waals surface area contributed by atoms with Crippen LogP contribution in [0, 0.1) is 5.82 Å². The summed E-state index contributed by atoms with van der Waals surface area (Å²) in [4.78, 5) is 20.0. The summed E-state index contributed by atoms with van der Waals surface area (Å²) >= 11 is 0. The van der Waals surface area contributed by atoms with Crippen LogP contribution in [0.15, 0.2) is 42.7 Å². The summed E-state index contributed by atoms with van der Waals surface area (Å²) in [5.74, 6) is -0.610. The molecule has 0 atom stereocenters. The second-order valence-electron chi connectivity index (χ2n) is 6.21. The van der Waals surface area contributed by atoms with E-state index in [1.54, 1.807) is 29.2 Å². The molecule has 2 heterocycles. The van der Waals surface area contributed by atoms with E-state index < -0.39 is 5.82 Å². The average Bonchev–Trinajstić information content (AvgIpc) is 3.07. The Morgan fingerprint density at radius 1 is 1.18 bits per heavy atom. The quantitative estimate of drug-likeness (QED) is 0.494. The maximum Gasteiger partial charge on any atom is 0.302 e. The van der Waals surface area contributed by atoms with Crippen molar-refractivity contribution in [1.29, 1.82) is 0 Å². The molecule has 0 bridgehead atoms. The van der Waals surface area contributed by atoms with Crippen LogP contribution >= 0.6 is 0 Å². The minimum absolute atomic E-state index is 0.177. The Kier molecular flexibility index (Phi) is 4.60. The maximum absolute atomic E-state index is 14.0. The minimum atomic E-state index is -0.458. The van der Waals surface area contributed by atoms with Crippen molar-refractivity contribution in [2.24, 2.45) is 0 Å². The van der Waals surface area contributed by atoms with Crippen molar-refractivity contribution in [2.75, 3.05) is 13.7 Å². The van der Waals surface area contributed by atoms with Crippen LogP contribution in [0.25, 0.3) is 33.2 Å². The number of nitrogens with zero attached hydrogens (tertiary/aromatic N) is 4. The molecule has 0 unspecified atom stereocenters. The van der Waals surface area contributed by atoms with E-state index in [1.807, 2.05) is 12.1 Å². The van der Waals surface area contributed by atoms with E-state index >= 15 is 0 Å². The van der Waals surface area contributed by atoms with Crippen molar-refractivity contribution in [2.45, 2.75) is 13.5 Å². The highest BCUT2D eigenvalue weighted by Gasteiger charge is 2.10. The van der Waals surface area contributed by atoms with Gasteiger partial charge in [-0.05, 0) is 30.3 Å². The van der Waals surface area contributed by atoms with E-state index in [1.165, 1.54) is 20.1 Å². The fourth-order valence-corrected chi connectivity index (χ4v) is 3.00. The summed E-state index contributed by atoms with van der Waals surface area (Å²) in [6.45, 7) is 2.04. The highest BCUT2D eigenvalue weighted by Crippen LogP contribution is 2.26. The summed E-state index contributed by atoms with van der Waals surface area (Å²) in [7, 11) is 1.42. The van der Waals surface area contributed by atoms with Crippen LogP contribution in [0.3, 0.4) is 0 Å². The lowest BCUT2D eigenvalue weighted by Gasteiger charge is -2.07. The zero-order chi connectivity index (χ0) is 19.7. The molecule has 28 heavy (non-hydrogen) atoms. The van der Waals surface area contributed by atoms with E-state index in [9.17, 15) is 9.18 Å². The minimum Gasteiger partial charge on any atom is -0.494 e. The molecule has 7 nitrogen and oxygen atoms in total. The van der Waals surface area contributed by atoms with Crippen LogP contribution in [0.2, 0.25) is 0 Å². The van der Waals surface area contributed by atoms with Crippen LogP contribution in [-0.2, 0) is 16.1 Å². The number of esters is 1. The predicted octanol–water partition coefficient (Wildman–Crippen LogP) is 3.36. The van der Waals surface area contributed by atoms with Gasteiger partial charge in [-0.15, -0.1) is 0 Å². The van der Waals surface area contributed by atoms with Crippen LogP contribution in [0.4, 0.5) is 4.39 Å². The van der Waals surface area contributed by atoms with Crippen molar-refractivity contribution < 1.29 is 18.7 Å². The number of carbonyl (C=O) groups excluding carboxylic acids is 1.